The Kier molecular flexibility index (Phi) is 4.32. The van der Waals surface area contributed by atoms with Crippen molar-refractivity contribution in [3.63, 3.8) is 0 Å². The average molecular weight is 279 g/mol. The monoisotopic (exact) mass is 279 g/mol. The van der Waals surface area contributed by atoms with Crippen LogP contribution in [0.1, 0.15) is 51.9 Å². The second kappa shape index (κ2) is 6.02. The molecule has 4 nitrogen and oxygen atoms in total. The smallest absolute Gasteiger partial charge is 0.224 e. The van der Waals surface area contributed by atoms with E-state index in [1.807, 2.05) is 0 Å². The maximum absolute atomic E-state index is 12.4. The Morgan fingerprint density at radius 2 is 1.85 bits per heavy atom. The van der Waals surface area contributed by atoms with E-state index in [0.717, 1.165) is 32.2 Å². The Labute approximate surface area is 122 Å². The SMILES string of the molecule is CC1CCC(C(=O)NC2CC3CCCC(C2)N3C)CN1. The van der Waals surface area contributed by atoms with Gasteiger partial charge >= 0.3 is 0 Å². The molecule has 3 rings (SSSR count). The second-order valence-electron chi connectivity index (χ2n) is 7.16. The van der Waals surface area contributed by atoms with Gasteiger partial charge in [0, 0.05) is 30.7 Å². The van der Waals surface area contributed by atoms with Gasteiger partial charge in [0.15, 0.2) is 0 Å². The Balaban J connectivity index is 1.52. The van der Waals surface area contributed by atoms with Gasteiger partial charge in [-0.25, -0.2) is 0 Å². The molecular formula is C16H29N3O. The first-order valence-corrected chi connectivity index (χ1v) is 8.39. The van der Waals surface area contributed by atoms with Crippen LogP contribution in [0.3, 0.4) is 0 Å². The first-order valence-electron chi connectivity index (χ1n) is 8.39. The van der Waals surface area contributed by atoms with Gasteiger partial charge in [0.1, 0.15) is 0 Å². The molecule has 114 valence electrons. The maximum atomic E-state index is 12.4. The highest BCUT2D eigenvalue weighted by Gasteiger charge is 2.37. The van der Waals surface area contributed by atoms with Crippen molar-refractivity contribution in [2.24, 2.45) is 5.92 Å². The molecule has 4 atom stereocenters. The lowest BCUT2D eigenvalue weighted by Gasteiger charge is -2.47. The van der Waals surface area contributed by atoms with Gasteiger partial charge in [0.05, 0.1) is 5.92 Å². The zero-order valence-electron chi connectivity index (χ0n) is 12.9. The van der Waals surface area contributed by atoms with Gasteiger partial charge in [-0.15, -0.1) is 0 Å². The van der Waals surface area contributed by atoms with Crippen LogP contribution in [-0.4, -0.2) is 48.6 Å². The summed E-state index contributed by atoms with van der Waals surface area (Å²) in [4.78, 5) is 15.0. The molecule has 20 heavy (non-hydrogen) atoms. The number of hydrogen-bond acceptors (Lipinski definition) is 3. The van der Waals surface area contributed by atoms with Crippen molar-refractivity contribution in [1.82, 2.24) is 15.5 Å². The van der Waals surface area contributed by atoms with Crippen molar-refractivity contribution in [1.29, 1.82) is 0 Å². The van der Waals surface area contributed by atoms with Crippen LogP contribution in [-0.2, 0) is 4.79 Å². The average Bonchev–Trinajstić information content (AvgIpc) is 2.40. The molecule has 2 bridgehead atoms. The number of hydrogen-bond donors (Lipinski definition) is 2. The maximum Gasteiger partial charge on any atom is 0.224 e. The summed E-state index contributed by atoms with van der Waals surface area (Å²) >= 11 is 0. The van der Waals surface area contributed by atoms with Gasteiger partial charge in [-0.05, 0) is 52.5 Å². The first kappa shape index (κ1) is 14.3. The van der Waals surface area contributed by atoms with Gasteiger partial charge in [0.2, 0.25) is 5.91 Å². The minimum atomic E-state index is 0.186. The largest absolute Gasteiger partial charge is 0.353 e. The van der Waals surface area contributed by atoms with Crippen LogP contribution in [0, 0.1) is 5.92 Å². The van der Waals surface area contributed by atoms with E-state index in [1.165, 1.54) is 19.3 Å². The third-order valence-corrected chi connectivity index (χ3v) is 5.72. The number of carbonyl (C=O) groups excluding carboxylic acids is 1. The summed E-state index contributed by atoms with van der Waals surface area (Å²) in [5.74, 6) is 0.475. The van der Waals surface area contributed by atoms with Crippen molar-refractivity contribution in [3.8, 4) is 0 Å². The number of amides is 1. The third kappa shape index (κ3) is 3.01. The van der Waals surface area contributed by atoms with Crippen molar-refractivity contribution < 1.29 is 4.79 Å². The Hall–Kier alpha value is -0.610. The summed E-state index contributed by atoms with van der Waals surface area (Å²) in [6.45, 7) is 3.05. The van der Waals surface area contributed by atoms with Gasteiger partial charge in [-0.2, -0.15) is 0 Å². The highest BCUT2D eigenvalue weighted by Crippen LogP contribution is 2.32. The Morgan fingerprint density at radius 1 is 1.15 bits per heavy atom. The number of rotatable bonds is 2. The molecule has 1 amide bonds. The second-order valence-corrected chi connectivity index (χ2v) is 7.16. The van der Waals surface area contributed by atoms with Gasteiger partial charge in [-0.1, -0.05) is 6.42 Å². The summed E-state index contributed by atoms with van der Waals surface area (Å²) in [5.41, 5.74) is 0. The Bertz CT molecular complexity index is 338. The normalized spacial score (nSPS) is 42.2. The number of fused-ring (bicyclic) bond motifs is 2. The number of piperidine rings is 3. The Morgan fingerprint density at radius 3 is 2.45 bits per heavy atom. The third-order valence-electron chi connectivity index (χ3n) is 5.72. The summed E-state index contributed by atoms with van der Waals surface area (Å²) in [5, 5.41) is 6.78. The van der Waals surface area contributed by atoms with Crippen molar-refractivity contribution in [3.05, 3.63) is 0 Å². The predicted molar refractivity (Wildman–Crippen MR) is 80.5 cm³/mol. The zero-order valence-corrected chi connectivity index (χ0v) is 12.9. The molecule has 4 heteroatoms. The molecule has 3 fully saturated rings. The molecule has 3 aliphatic rings. The molecule has 3 aliphatic heterocycles. The predicted octanol–water partition coefficient (Wildman–Crippen LogP) is 1.51. The van der Waals surface area contributed by atoms with Crippen molar-refractivity contribution >= 4 is 5.91 Å². The highest BCUT2D eigenvalue weighted by molar-refractivity contribution is 5.79. The molecule has 0 spiro atoms. The fraction of sp³-hybridized carbons (Fsp3) is 0.938. The van der Waals surface area contributed by atoms with E-state index in [4.69, 9.17) is 0 Å². The van der Waals surface area contributed by atoms with E-state index >= 15 is 0 Å². The molecule has 0 aromatic rings. The summed E-state index contributed by atoms with van der Waals surface area (Å²) in [6.07, 6.45) is 8.44. The van der Waals surface area contributed by atoms with Crippen LogP contribution in [0.15, 0.2) is 0 Å². The van der Waals surface area contributed by atoms with Crippen LogP contribution < -0.4 is 10.6 Å². The molecule has 3 heterocycles. The number of carbonyl (C=O) groups is 1. The highest BCUT2D eigenvalue weighted by atomic mass is 16.2. The topological polar surface area (TPSA) is 44.4 Å². The van der Waals surface area contributed by atoms with Gasteiger partial charge < -0.3 is 15.5 Å². The molecule has 0 radical (unpaired) electrons. The van der Waals surface area contributed by atoms with E-state index in [1.54, 1.807) is 0 Å². The van der Waals surface area contributed by atoms with E-state index in [2.05, 4.69) is 29.5 Å². The minimum Gasteiger partial charge on any atom is -0.353 e. The fourth-order valence-electron chi connectivity index (χ4n) is 4.28. The standard InChI is InChI=1S/C16H29N3O/c1-11-6-7-12(10-17-11)16(20)18-13-8-14-4-3-5-15(9-13)19(14)2/h11-15,17H,3-10H2,1-2H3,(H,18,20). The number of nitrogens with zero attached hydrogens (tertiary/aromatic N) is 1. The lowest BCUT2D eigenvalue weighted by atomic mass is 9.82. The van der Waals surface area contributed by atoms with Crippen LogP contribution >= 0.6 is 0 Å². The lowest BCUT2D eigenvalue weighted by Crippen LogP contribution is -2.56. The quantitative estimate of drug-likeness (QED) is 0.805. The summed E-state index contributed by atoms with van der Waals surface area (Å²) in [7, 11) is 2.26. The van der Waals surface area contributed by atoms with Crippen LogP contribution in [0.25, 0.3) is 0 Å². The van der Waals surface area contributed by atoms with E-state index in [0.29, 0.717) is 24.2 Å². The van der Waals surface area contributed by atoms with Crippen molar-refractivity contribution in [2.75, 3.05) is 13.6 Å². The molecular weight excluding hydrogens is 250 g/mol. The molecule has 4 unspecified atom stereocenters. The first-order chi connectivity index (χ1) is 9.63. The molecule has 0 aliphatic carbocycles. The molecule has 0 aromatic carbocycles. The molecule has 3 saturated heterocycles. The van der Waals surface area contributed by atoms with Crippen molar-refractivity contribution in [2.45, 2.75) is 76.0 Å². The minimum absolute atomic E-state index is 0.186. The van der Waals surface area contributed by atoms with Gasteiger partial charge in [-0.3, -0.25) is 4.79 Å². The van der Waals surface area contributed by atoms with E-state index < -0.39 is 0 Å². The van der Waals surface area contributed by atoms with E-state index in [9.17, 15) is 4.79 Å². The van der Waals surface area contributed by atoms with Crippen LogP contribution in [0.2, 0.25) is 0 Å². The molecule has 0 saturated carbocycles. The fourth-order valence-corrected chi connectivity index (χ4v) is 4.28. The molecule has 0 aromatic heterocycles. The van der Waals surface area contributed by atoms with Crippen LogP contribution in [0.5, 0.6) is 0 Å². The zero-order chi connectivity index (χ0) is 14.1. The molecule has 2 N–H and O–H groups in total. The summed E-state index contributed by atoms with van der Waals surface area (Å²) < 4.78 is 0. The summed E-state index contributed by atoms with van der Waals surface area (Å²) in [6, 6.07) is 2.37. The number of nitrogens with one attached hydrogen (secondary N) is 2. The van der Waals surface area contributed by atoms with E-state index in [-0.39, 0.29) is 11.8 Å². The van der Waals surface area contributed by atoms with Gasteiger partial charge in [0.25, 0.3) is 0 Å². The van der Waals surface area contributed by atoms with Crippen LogP contribution in [0.4, 0.5) is 0 Å². The lowest BCUT2D eigenvalue weighted by molar-refractivity contribution is -0.127.